The van der Waals surface area contributed by atoms with Gasteiger partial charge in [0.05, 0.1) is 0 Å². The highest BCUT2D eigenvalue weighted by atomic mass is 35.5. The van der Waals surface area contributed by atoms with Gasteiger partial charge in [0, 0.05) is 32.2 Å². The van der Waals surface area contributed by atoms with Gasteiger partial charge in [-0.15, -0.1) is 23.7 Å². The van der Waals surface area contributed by atoms with Gasteiger partial charge in [0.25, 0.3) is 5.91 Å². The highest BCUT2D eigenvalue weighted by Gasteiger charge is 2.36. The maximum atomic E-state index is 12.0. The van der Waals surface area contributed by atoms with Gasteiger partial charge in [-0.1, -0.05) is 6.42 Å². The van der Waals surface area contributed by atoms with E-state index in [0.29, 0.717) is 18.8 Å². The average Bonchev–Trinajstić information content (AvgIpc) is 2.85. The molecule has 1 aliphatic carbocycles. The quantitative estimate of drug-likeness (QED) is 0.805. The first-order chi connectivity index (χ1) is 9.19. The number of hydrogen-bond acceptors (Lipinski definition) is 5. The molecule has 0 aromatic carbocycles. The molecule has 1 aromatic heterocycles. The van der Waals surface area contributed by atoms with Gasteiger partial charge in [0.15, 0.2) is 0 Å². The Bertz CT molecular complexity index is 435. The summed E-state index contributed by atoms with van der Waals surface area (Å²) in [6.45, 7) is 1.85. The number of nitrogens with one attached hydrogen (secondary N) is 1. The molecule has 1 fully saturated rings. The second-order valence-electron chi connectivity index (χ2n) is 5.11. The largest absolute Gasteiger partial charge is 0.385 e. The molecule has 0 spiro atoms. The summed E-state index contributed by atoms with van der Waals surface area (Å²) in [5, 5.41) is 5.56. The van der Waals surface area contributed by atoms with Crippen molar-refractivity contribution in [1.82, 2.24) is 10.3 Å². The number of amides is 1. The lowest BCUT2D eigenvalue weighted by Crippen LogP contribution is -2.43. The van der Waals surface area contributed by atoms with E-state index in [9.17, 15) is 4.79 Å². The first-order valence-electron chi connectivity index (χ1n) is 6.61. The van der Waals surface area contributed by atoms with E-state index in [2.05, 4.69) is 10.3 Å². The number of thiazole rings is 1. The van der Waals surface area contributed by atoms with Crippen molar-refractivity contribution >= 4 is 29.7 Å². The highest BCUT2D eigenvalue weighted by Crippen LogP contribution is 2.43. The Labute approximate surface area is 129 Å². The Morgan fingerprint density at radius 2 is 2.35 bits per heavy atom. The number of hydrogen-bond donors (Lipinski definition) is 2. The van der Waals surface area contributed by atoms with Crippen molar-refractivity contribution in [2.24, 2.45) is 11.1 Å². The summed E-state index contributed by atoms with van der Waals surface area (Å²) in [5.74, 6) is -0.0976. The van der Waals surface area contributed by atoms with Crippen LogP contribution in [0.5, 0.6) is 0 Å². The maximum absolute atomic E-state index is 12.0. The number of carbonyl (C=O) groups excluding carboxylic acids is 1. The number of nitrogens with zero attached hydrogens (tertiary/aromatic N) is 1. The molecule has 1 amide bonds. The van der Waals surface area contributed by atoms with Gasteiger partial charge in [-0.2, -0.15) is 0 Å². The lowest BCUT2D eigenvalue weighted by Gasteiger charge is -2.42. The third-order valence-electron chi connectivity index (χ3n) is 3.83. The SMILES string of the molecule is COCCC1(CNC(=O)c2csc(CN)n2)CCC1.Cl. The van der Waals surface area contributed by atoms with E-state index >= 15 is 0 Å². The van der Waals surface area contributed by atoms with Gasteiger partial charge in [-0.3, -0.25) is 4.79 Å². The Kier molecular flexibility index (Phi) is 6.88. The molecule has 20 heavy (non-hydrogen) atoms. The summed E-state index contributed by atoms with van der Waals surface area (Å²) < 4.78 is 5.15. The summed E-state index contributed by atoms with van der Waals surface area (Å²) in [4.78, 5) is 16.2. The number of aromatic nitrogens is 1. The molecule has 1 aromatic rings. The summed E-state index contributed by atoms with van der Waals surface area (Å²) in [5.41, 5.74) is 6.21. The number of nitrogens with two attached hydrogens (primary N) is 1. The zero-order valence-corrected chi connectivity index (χ0v) is 13.3. The van der Waals surface area contributed by atoms with Crippen molar-refractivity contribution in [2.75, 3.05) is 20.3 Å². The fourth-order valence-electron chi connectivity index (χ4n) is 2.38. The summed E-state index contributed by atoms with van der Waals surface area (Å²) in [6, 6.07) is 0. The van der Waals surface area contributed by atoms with E-state index in [-0.39, 0.29) is 23.7 Å². The van der Waals surface area contributed by atoms with Crippen molar-refractivity contribution in [3.63, 3.8) is 0 Å². The number of rotatable bonds is 7. The van der Waals surface area contributed by atoms with Gasteiger partial charge >= 0.3 is 0 Å². The molecule has 0 radical (unpaired) electrons. The molecule has 1 heterocycles. The normalized spacial score (nSPS) is 16.1. The van der Waals surface area contributed by atoms with Crippen LogP contribution in [-0.2, 0) is 11.3 Å². The van der Waals surface area contributed by atoms with Crippen LogP contribution < -0.4 is 11.1 Å². The first-order valence-corrected chi connectivity index (χ1v) is 7.49. The second kappa shape index (κ2) is 7.93. The highest BCUT2D eigenvalue weighted by molar-refractivity contribution is 7.09. The van der Waals surface area contributed by atoms with Crippen molar-refractivity contribution < 1.29 is 9.53 Å². The molecule has 5 nitrogen and oxygen atoms in total. The molecule has 0 unspecified atom stereocenters. The maximum Gasteiger partial charge on any atom is 0.270 e. The molecule has 0 saturated heterocycles. The monoisotopic (exact) mass is 319 g/mol. The lowest BCUT2D eigenvalue weighted by molar-refractivity contribution is 0.0630. The van der Waals surface area contributed by atoms with E-state index in [1.165, 1.54) is 30.6 Å². The van der Waals surface area contributed by atoms with Crippen molar-refractivity contribution in [3.05, 3.63) is 16.1 Å². The predicted molar refractivity (Wildman–Crippen MR) is 82.4 cm³/mol. The third-order valence-corrected chi connectivity index (χ3v) is 4.70. The van der Waals surface area contributed by atoms with Crippen LogP contribution in [0.3, 0.4) is 0 Å². The predicted octanol–water partition coefficient (Wildman–Crippen LogP) is 1.96. The molecule has 1 aliphatic rings. The zero-order valence-electron chi connectivity index (χ0n) is 11.7. The molecule has 0 aliphatic heterocycles. The van der Waals surface area contributed by atoms with Crippen LogP contribution >= 0.6 is 23.7 Å². The van der Waals surface area contributed by atoms with Crippen molar-refractivity contribution in [2.45, 2.75) is 32.2 Å². The fourth-order valence-corrected chi connectivity index (χ4v) is 3.03. The van der Waals surface area contributed by atoms with Gasteiger partial charge in [-0.25, -0.2) is 4.98 Å². The number of carbonyl (C=O) groups is 1. The van der Waals surface area contributed by atoms with Crippen LogP contribution in [0.1, 0.15) is 41.2 Å². The van der Waals surface area contributed by atoms with Gasteiger partial charge in [0.2, 0.25) is 0 Å². The van der Waals surface area contributed by atoms with Crippen molar-refractivity contribution in [1.29, 1.82) is 0 Å². The van der Waals surface area contributed by atoms with Crippen LogP contribution in [-0.4, -0.2) is 31.2 Å². The Morgan fingerprint density at radius 3 is 2.85 bits per heavy atom. The topological polar surface area (TPSA) is 77.2 Å². The van der Waals surface area contributed by atoms with Crippen LogP contribution in [0.15, 0.2) is 5.38 Å². The van der Waals surface area contributed by atoms with Crippen LogP contribution in [0, 0.1) is 5.41 Å². The molecular formula is C13H22ClN3O2S. The minimum atomic E-state index is -0.0976. The van der Waals surface area contributed by atoms with Crippen LogP contribution in [0.4, 0.5) is 0 Å². The van der Waals surface area contributed by atoms with E-state index in [4.69, 9.17) is 10.5 Å². The number of halogens is 1. The lowest BCUT2D eigenvalue weighted by atomic mass is 9.67. The van der Waals surface area contributed by atoms with Crippen LogP contribution in [0.2, 0.25) is 0 Å². The van der Waals surface area contributed by atoms with E-state index in [1.54, 1.807) is 12.5 Å². The molecule has 1 saturated carbocycles. The van der Waals surface area contributed by atoms with E-state index in [0.717, 1.165) is 18.0 Å². The molecule has 0 atom stereocenters. The molecule has 7 heteroatoms. The average molecular weight is 320 g/mol. The zero-order chi connectivity index (χ0) is 13.7. The molecule has 2 rings (SSSR count). The molecule has 114 valence electrons. The molecular weight excluding hydrogens is 298 g/mol. The summed E-state index contributed by atoms with van der Waals surface area (Å²) >= 11 is 1.43. The minimum absolute atomic E-state index is 0. The summed E-state index contributed by atoms with van der Waals surface area (Å²) in [7, 11) is 1.72. The first kappa shape index (κ1) is 17.4. The van der Waals surface area contributed by atoms with Gasteiger partial charge in [0.1, 0.15) is 10.7 Å². The van der Waals surface area contributed by atoms with Gasteiger partial charge in [-0.05, 0) is 24.7 Å². The Balaban J connectivity index is 0.00000200. The van der Waals surface area contributed by atoms with E-state index in [1.807, 2.05) is 0 Å². The van der Waals surface area contributed by atoms with Gasteiger partial charge < -0.3 is 15.8 Å². The Morgan fingerprint density at radius 1 is 1.60 bits per heavy atom. The molecule has 3 N–H and O–H groups in total. The van der Waals surface area contributed by atoms with Crippen molar-refractivity contribution in [3.8, 4) is 0 Å². The van der Waals surface area contributed by atoms with Crippen LogP contribution in [0.25, 0.3) is 0 Å². The minimum Gasteiger partial charge on any atom is -0.385 e. The molecule has 0 bridgehead atoms. The third kappa shape index (κ3) is 4.15. The second-order valence-corrected chi connectivity index (χ2v) is 6.05. The Hall–Kier alpha value is -0.690. The smallest absolute Gasteiger partial charge is 0.270 e. The number of methoxy groups -OCH3 is 1. The number of ether oxygens (including phenoxy) is 1. The summed E-state index contributed by atoms with van der Waals surface area (Å²) in [6.07, 6.45) is 4.59. The standard InChI is InChI=1S/C13H21N3O2S.ClH/c1-18-6-5-13(3-2-4-13)9-15-12(17)10-8-19-11(7-14)16-10;/h8H,2-7,9,14H2,1H3,(H,15,17);1H. The fraction of sp³-hybridized carbons (Fsp3) is 0.692. The van der Waals surface area contributed by atoms with E-state index < -0.39 is 0 Å².